The third-order valence-electron chi connectivity index (χ3n) is 5.36. The fourth-order valence-electron chi connectivity index (χ4n) is 3.81. The number of azide groups is 1. The van der Waals surface area contributed by atoms with Crippen molar-refractivity contribution in [3.05, 3.63) is 63.3 Å². The molecule has 12 heteroatoms. The number of nitrogens with zero attached hydrogens (tertiary/aromatic N) is 6. The minimum absolute atomic E-state index is 0.0312. The Hall–Kier alpha value is -3.92. The maximum atomic E-state index is 14.5. The molecule has 4 rings (SSSR count). The summed E-state index contributed by atoms with van der Waals surface area (Å²) >= 11 is 0. The van der Waals surface area contributed by atoms with Crippen LogP contribution < -0.4 is 10.1 Å². The van der Waals surface area contributed by atoms with Gasteiger partial charge >= 0.3 is 5.97 Å². The fourth-order valence-corrected chi connectivity index (χ4v) is 3.81. The van der Waals surface area contributed by atoms with E-state index in [0.29, 0.717) is 17.0 Å². The summed E-state index contributed by atoms with van der Waals surface area (Å²) in [5, 5.41) is 10.7. The molecular weight excluding hydrogens is 436 g/mol. The van der Waals surface area contributed by atoms with Gasteiger partial charge in [-0.15, -0.1) is 0 Å². The van der Waals surface area contributed by atoms with Crippen molar-refractivity contribution in [1.29, 1.82) is 0 Å². The number of ether oxygens (including phenoxy) is 2. The molecule has 1 aliphatic rings. The van der Waals surface area contributed by atoms with Gasteiger partial charge in [0.15, 0.2) is 17.3 Å². The highest BCUT2D eigenvalue weighted by molar-refractivity contribution is 5.95. The number of rotatable bonds is 7. The second-order valence-electron chi connectivity index (χ2n) is 7.91. The smallest absolute Gasteiger partial charge is 0.343 e. The van der Waals surface area contributed by atoms with Gasteiger partial charge < -0.3 is 14.8 Å². The van der Waals surface area contributed by atoms with Crippen LogP contribution in [0.3, 0.4) is 0 Å². The zero-order valence-electron chi connectivity index (χ0n) is 18.2. The Bertz CT molecular complexity index is 1290. The van der Waals surface area contributed by atoms with Crippen molar-refractivity contribution in [1.82, 2.24) is 14.6 Å². The highest BCUT2D eigenvalue weighted by Gasteiger charge is 2.39. The van der Waals surface area contributed by atoms with Gasteiger partial charge in [-0.2, -0.15) is 5.10 Å². The van der Waals surface area contributed by atoms with E-state index in [0.717, 1.165) is 6.07 Å². The molecule has 3 aromatic rings. The molecule has 0 amide bonds. The lowest BCUT2D eigenvalue weighted by Crippen LogP contribution is -2.33. The van der Waals surface area contributed by atoms with Crippen molar-refractivity contribution in [3.63, 3.8) is 0 Å². The number of nitrogens with one attached hydrogen (secondary N) is 1. The normalized spacial score (nSPS) is 17.7. The Morgan fingerprint density at radius 1 is 1.52 bits per heavy atom. The SMILES string of the molecule is CCOC(=O)c1cnn2ccc(N[C@H](C)c3cc(F)c(F)c4c3OC(C)(CN=[N+]=[N-])C4)nc12. The van der Waals surface area contributed by atoms with Crippen LogP contribution in [0.25, 0.3) is 16.1 Å². The van der Waals surface area contributed by atoms with Crippen LogP contribution in [-0.2, 0) is 11.2 Å². The van der Waals surface area contributed by atoms with Gasteiger partial charge in [0.1, 0.15) is 22.7 Å². The van der Waals surface area contributed by atoms with Crippen LogP contribution in [0.5, 0.6) is 5.75 Å². The summed E-state index contributed by atoms with van der Waals surface area (Å²) in [4.78, 5) is 19.3. The number of carbonyl (C=O) groups is 1. The molecule has 0 aliphatic carbocycles. The van der Waals surface area contributed by atoms with E-state index in [1.807, 2.05) is 0 Å². The second-order valence-corrected chi connectivity index (χ2v) is 7.91. The van der Waals surface area contributed by atoms with E-state index in [2.05, 4.69) is 25.4 Å². The monoisotopic (exact) mass is 457 g/mol. The minimum atomic E-state index is -1.00. The molecule has 1 unspecified atom stereocenters. The lowest BCUT2D eigenvalue weighted by atomic mass is 9.96. The fraction of sp³-hybridized carbons (Fsp3) is 0.381. The van der Waals surface area contributed by atoms with Crippen LogP contribution in [0.1, 0.15) is 48.3 Å². The Morgan fingerprint density at radius 2 is 2.30 bits per heavy atom. The first-order chi connectivity index (χ1) is 15.8. The van der Waals surface area contributed by atoms with Gasteiger partial charge in [-0.25, -0.2) is 23.1 Å². The van der Waals surface area contributed by atoms with Crippen molar-refractivity contribution >= 4 is 17.4 Å². The largest absolute Gasteiger partial charge is 0.486 e. The summed E-state index contributed by atoms with van der Waals surface area (Å²) in [6, 6.07) is 2.17. The number of carbonyl (C=O) groups excluding carboxylic acids is 1. The van der Waals surface area contributed by atoms with Gasteiger partial charge in [0.25, 0.3) is 0 Å². The van der Waals surface area contributed by atoms with Crippen LogP contribution in [-0.4, -0.2) is 39.3 Å². The second kappa shape index (κ2) is 8.55. The van der Waals surface area contributed by atoms with E-state index in [1.54, 1.807) is 33.0 Å². The number of hydrogen-bond donors (Lipinski definition) is 1. The zero-order valence-corrected chi connectivity index (χ0v) is 18.2. The minimum Gasteiger partial charge on any atom is -0.486 e. The number of halogens is 2. The quantitative estimate of drug-likeness (QED) is 0.243. The molecule has 0 saturated carbocycles. The summed E-state index contributed by atoms with van der Waals surface area (Å²) in [7, 11) is 0. The first kappa shape index (κ1) is 22.3. The van der Waals surface area contributed by atoms with Crippen molar-refractivity contribution in [2.24, 2.45) is 5.11 Å². The third-order valence-corrected chi connectivity index (χ3v) is 5.36. The van der Waals surface area contributed by atoms with Crippen molar-refractivity contribution in [2.45, 2.75) is 38.8 Å². The van der Waals surface area contributed by atoms with Gasteiger partial charge in [-0.3, -0.25) is 0 Å². The van der Waals surface area contributed by atoms with Crippen LogP contribution in [0.15, 0.2) is 29.6 Å². The number of hydrogen-bond acceptors (Lipinski definition) is 7. The van der Waals surface area contributed by atoms with Gasteiger partial charge in [0, 0.05) is 28.7 Å². The molecule has 0 radical (unpaired) electrons. The highest BCUT2D eigenvalue weighted by Crippen LogP contribution is 2.43. The van der Waals surface area contributed by atoms with E-state index < -0.39 is 29.2 Å². The van der Waals surface area contributed by atoms with Crippen molar-refractivity contribution in [2.75, 3.05) is 18.5 Å². The Balaban J connectivity index is 1.66. The number of benzene rings is 1. The van der Waals surface area contributed by atoms with Gasteiger partial charge in [-0.05, 0) is 38.4 Å². The van der Waals surface area contributed by atoms with Crippen molar-refractivity contribution in [3.8, 4) is 5.75 Å². The van der Waals surface area contributed by atoms with E-state index >= 15 is 0 Å². The average Bonchev–Trinajstić information content (AvgIpc) is 3.36. The first-order valence-corrected chi connectivity index (χ1v) is 10.2. The molecule has 3 heterocycles. The van der Waals surface area contributed by atoms with Gasteiger partial charge in [-0.1, -0.05) is 5.11 Å². The maximum Gasteiger partial charge on any atom is 0.343 e. The molecule has 1 N–H and O–H groups in total. The van der Waals surface area contributed by atoms with Crippen LogP contribution in [0.2, 0.25) is 0 Å². The Labute approximate surface area is 187 Å². The number of esters is 1. The number of fused-ring (bicyclic) bond motifs is 2. The molecule has 10 nitrogen and oxygen atoms in total. The lowest BCUT2D eigenvalue weighted by molar-refractivity contribution is 0.0528. The molecule has 1 aliphatic heterocycles. The molecule has 0 spiro atoms. The summed E-state index contributed by atoms with van der Waals surface area (Å²) in [5.74, 6) is -1.94. The van der Waals surface area contributed by atoms with Crippen LogP contribution in [0.4, 0.5) is 14.6 Å². The summed E-state index contributed by atoms with van der Waals surface area (Å²) in [6.07, 6.45) is 3.05. The van der Waals surface area contributed by atoms with Gasteiger partial charge in [0.2, 0.25) is 0 Å². The summed E-state index contributed by atoms with van der Waals surface area (Å²) < 4.78 is 41.3. The van der Waals surface area contributed by atoms with Crippen LogP contribution >= 0.6 is 0 Å². The Kier molecular flexibility index (Phi) is 5.77. The molecule has 172 valence electrons. The molecule has 2 aromatic heterocycles. The zero-order chi connectivity index (χ0) is 23.8. The van der Waals surface area contributed by atoms with E-state index in [1.165, 1.54) is 10.7 Å². The number of aromatic nitrogens is 3. The Morgan fingerprint density at radius 3 is 3.03 bits per heavy atom. The molecule has 33 heavy (non-hydrogen) atoms. The average molecular weight is 457 g/mol. The molecule has 2 atom stereocenters. The molecule has 0 fully saturated rings. The summed E-state index contributed by atoms with van der Waals surface area (Å²) in [6.45, 7) is 5.30. The predicted octanol–water partition coefficient (Wildman–Crippen LogP) is 4.36. The van der Waals surface area contributed by atoms with E-state index in [4.69, 9.17) is 15.0 Å². The van der Waals surface area contributed by atoms with E-state index in [9.17, 15) is 13.6 Å². The molecular formula is C21H21F2N7O3. The summed E-state index contributed by atoms with van der Waals surface area (Å²) in [5.41, 5.74) is 8.62. The standard InChI is InChI=1S/C21H21F2N7O3/c1-4-32-20(31)14-9-26-30-6-5-16(28-19(14)30)27-11(2)12-7-15(22)17(23)13-8-21(3,10-25-29-24)33-18(12)13/h5-7,9,11H,4,8,10H2,1-3H3,(H,27,28)/t11-,21?/m1/s1. The molecule has 1 aromatic carbocycles. The first-order valence-electron chi connectivity index (χ1n) is 10.2. The molecule has 0 bridgehead atoms. The predicted molar refractivity (Wildman–Crippen MR) is 114 cm³/mol. The van der Waals surface area contributed by atoms with Crippen LogP contribution in [0, 0.1) is 11.6 Å². The van der Waals surface area contributed by atoms with Gasteiger partial charge in [0.05, 0.1) is 25.4 Å². The van der Waals surface area contributed by atoms with E-state index in [-0.39, 0.29) is 36.4 Å². The number of anilines is 1. The lowest BCUT2D eigenvalue weighted by Gasteiger charge is -2.23. The third kappa shape index (κ3) is 4.12. The highest BCUT2D eigenvalue weighted by atomic mass is 19.2. The molecule has 0 saturated heterocycles. The topological polar surface area (TPSA) is 127 Å². The van der Waals surface area contributed by atoms with Crippen molar-refractivity contribution < 1.29 is 23.0 Å². The maximum absolute atomic E-state index is 14.5.